The van der Waals surface area contributed by atoms with E-state index in [4.69, 9.17) is 5.73 Å². The molecule has 2 atom stereocenters. The molecule has 3 nitrogen and oxygen atoms in total. The summed E-state index contributed by atoms with van der Waals surface area (Å²) in [5, 5.41) is 5.17. The van der Waals surface area contributed by atoms with E-state index in [1.54, 1.807) is 11.3 Å². The van der Waals surface area contributed by atoms with Crippen LogP contribution in [0.2, 0.25) is 0 Å². The molecule has 1 rings (SSSR count). The highest BCUT2D eigenvalue weighted by atomic mass is 32.1. The number of nitrogens with two attached hydrogens (primary N) is 1. The van der Waals surface area contributed by atoms with E-state index in [1.165, 1.54) is 17.7 Å². The molecule has 3 N–H and O–H groups in total. The Bertz CT molecular complexity index is 359. The number of hydrogen-bond donors (Lipinski definition) is 2. The Kier molecular flexibility index (Phi) is 8.54. The van der Waals surface area contributed by atoms with Crippen molar-refractivity contribution in [3.63, 3.8) is 0 Å². The normalized spacial score (nSPS) is 13.9. The lowest BCUT2D eigenvalue weighted by atomic mass is 9.94. The SMILES string of the molecule is CCCC(CCN)CCC(=O)NC(C)Cc1cccs1. The van der Waals surface area contributed by atoms with Crippen LogP contribution >= 0.6 is 11.3 Å². The van der Waals surface area contributed by atoms with Gasteiger partial charge in [0.2, 0.25) is 5.91 Å². The molecule has 0 saturated carbocycles. The number of carbonyl (C=O) groups is 1. The fraction of sp³-hybridized carbons (Fsp3) is 0.688. The van der Waals surface area contributed by atoms with Crippen molar-refractivity contribution in [3.05, 3.63) is 22.4 Å². The second-order valence-corrected chi connectivity index (χ2v) is 6.56. The molecule has 0 radical (unpaired) electrons. The fourth-order valence-electron chi connectivity index (χ4n) is 2.54. The minimum atomic E-state index is 0.173. The lowest BCUT2D eigenvalue weighted by molar-refractivity contribution is -0.122. The Hall–Kier alpha value is -0.870. The summed E-state index contributed by atoms with van der Waals surface area (Å²) in [5.41, 5.74) is 5.62. The number of rotatable bonds is 10. The highest BCUT2D eigenvalue weighted by molar-refractivity contribution is 7.09. The molecule has 0 spiro atoms. The van der Waals surface area contributed by atoms with Crippen molar-refractivity contribution in [1.82, 2.24) is 5.32 Å². The summed E-state index contributed by atoms with van der Waals surface area (Å²) in [6.45, 7) is 4.98. The molecule has 0 aliphatic carbocycles. The molecule has 0 aliphatic heterocycles. The molecule has 2 unspecified atom stereocenters. The molecule has 114 valence electrons. The van der Waals surface area contributed by atoms with Crippen molar-refractivity contribution in [2.75, 3.05) is 6.54 Å². The second-order valence-electron chi connectivity index (χ2n) is 5.52. The third-order valence-corrected chi connectivity index (χ3v) is 4.45. The predicted molar refractivity (Wildman–Crippen MR) is 86.9 cm³/mol. The maximum absolute atomic E-state index is 12.0. The van der Waals surface area contributed by atoms with E-state index >= 15 is 0 Å². The maximum Gasteiger partial charge on any atom is 0.220 e. The van der Waals surface area contributed by atoms with Gasteiger partial charge in [0.25, 0.3) is 0 Å². The summed E-state index contributed by atoms with van der Waals surface area (Å²) in [5.74, 6) is 0.774. The number of carbonyl (C=O) groups excluding carboxylic acids is 1. The van der Waals surface area contributed by atoms with Crippen LogP contribution in [0.5, 0.6) is 0 Å². The zero-order valence-corrected chi connectivity index (χ0v) is 13.5. The summed E-state index contributed by atoms with van der Waals surface area (Å²) in [6, 6.07) is 4.38. The Balaban J connectivity index is 2.24. The van der Waals surface area contributed by atoms with E-state index in [0.717, 1.165) is 25.8 Å². The summed E-state index contributed by atoms with van der Waals surface area (Å²) in [6.07, 6.45) is 5.88. The molecule has 1 amide bonds. The zero-order valence-electron chi connectivity index (χ0n) is 12.7. The van der Waals surface area contributed by atoms with Crippen LogP contribution in [0.1, 0.15) is 50.8 Å². The number of nitrogens with one attached hydrogen (secondary N) is 1. The van der Waals surface area contributed by atoms with Gasteiger partial charge in [-0.25, -0.2) is 0 Å². The van der Waals surface area contributed by atoms with Gasteiger partial charge in [-0.05, 0) is 43.7 Å². The van der Waals surface area contributed by atoms with Crippen molar-refractivity contribution < 1.29 is 4.79 Å². The van der Waals surface area contributed by atoms with Gasteiger partial charge in [0.05, 0.1) is 0 Å². The van der Waals surface area contributed by atoms with Crippen LogP contribution in [0.25, 0.3) is 0 Å². The third-order valence-electron chi connectivity index (χ3n) is 3.55. The summed E-state index contributed by atoms with van der Waals surface area (Å²) in [4.78, 5) is 13.3. The number of hydrogen-bond acceptors (Lipinski definition) is 3. The molecule has 1 aromatic rings. The smallest absolute Gasteiger partial charge is 0.220 e. The highest BCUT2D eigenvalue weighted by Crippen LogP contribution is 2.17. The lowest BCUT2D eigenvalue weighted by Crippen LogP contribution is -2.34. The van der Waals surface area contributed by atoms with E-state index in [0.29, 0.717) is 12.3 Å². The van der Waals surface area contributed by atoms with E-state index in [2.05, 4.69) is 36.7 Å². The largest absolute Gasteiger partial charge is 0.353 e. The first-order valence-electron chi connectivity index (χ1n) is 7.67. The Morgan fingerprint density at radius 2 is 2.20 bits per heavy atom. The molecule has 0 aliphatic rings. The van der Waals surface area contributed by atoms with Gasteiger partial charge in [-0.3, -0.25) is 4.79 Å². The number of amides is 1. The topological polar surface area (TPSA) is 55.1 Å². The molecular weight excluding hydrogens is 268 g/mol. The first kappa shape index (κ1) is 17.2. The first-order chi connectivity index (χ1) is 9.65. The van der Waals surface area contributed by atoms with E-state index in [-0.39, 0.29) is 11.9 Å². The third kappa shape index (κ3) is 7.06. The molecule has 0 saturated heterocycles. The van der Waals surface area contributed by atoms with Crippen LogP contribution in [-0.4, -0.2) is 18.5 Å². The van der Waals surface area contributed by atoms with Crippen molar-refractivity contribution >= 4 is 17.2 Å². The van der Waals surface area contributed by atoms with Crippen LogP contribution in [0, 0.1) is 5.92 Å². The van der Waals surface area contributed by atoms with Gasteiger partial charge < -0.3 is 11.1 Å². The van der Waals surface area contributed by atoms with Crippen LogP contribution in [0.3, 0.4) is 0 Å². The fourth-order valence-corrected chi connectivity index (χ4v) is 3.38. The van der Waals surface area contributed by atoms with Gasteiger partial charge in [0.15, 0.2) is 0 Å². The predicted octanol–water partition coefficient (Wildman–Crippen LogP) is 3.34. The monoisotopic (exact) mass is 296 g/mol. The van der Waals surface area contributed by atoms with Gasteiger partial charge in [-0.2, -0.15) is 0 Å². The van der Waals surface area contributed by atoms with Gasteiger partial charge in [0, 0.05) is 23.8 Å². The summed E-state index contributed by atoms with van der Waals surface area (Å²) < 4.78 is 0. The quantitative estimate of drug-likeness (QED) is 0.696. The Morgan fingerprint density at radius 1 is 1.40 bits per heavy atom. The molecule has 0 bridgehead atoms. The van der Waals surface area contributed by atoms with E-state index < -0.39 is 0 Å². The molecule has 20 heavy (non-hydrogen) atoms. The summed E-state index contributed by atoms with van der Waals surface area (Å²) >= 11 is 1.74. The van der Waals surface area contributed by atoms with Crippen molar-refractivity contribution in [3.8, 4) is 0 Å². The Labute approximate surface area is 127 Å². The average Bonchev–Trinajstić information content (AvgIpc) is 2.89. The van der Waals surface area contributed by atoms with Gasteiger partial charge in [0.1, 0.15) is 0 Å². The van der Waals surface area contributed by atoms with Crippen LogP contribution in [0.4, 0.5) is 0 Å². The second kappa shape index (κ2) is 9.94. The van der Waals surface area contributed by atoms with Crippen molar-refractivity contribution in [2.45, 2.75) is 58.4 Å². The molecule has 0 aromatic carbocycles. The molecular formula is C16H28N2OS. The van der Waals surface area contributed by atoms with E-state index in [9.17, 15) is 4.79 Å². The highest BCUT2D eigenvalue weighted by Gasteiger charge is 2.12. The van der Waals surface area contributed by atoms with Crippen molar-refractivity contribution in [2.24, 2.45) is 11.7 Å². The van der Waals surface area contributed by atoms with Crippen LogP contribution < -0.4 is 11.1 Å². The minimum Gasteiger partial charge on any atom is -0.353 e. The first-order valence-corrected chi connectivity index (χ1v) is 8.55. The molecule has 1 aromatic heterocycles. The van der Waals surface area contributed by atoms with Crippen LogP contribution in [0.15, 0.2) is 17.5 Å². The lowest BCUT2D eigenvalue weighted by Gasteiger charge is -2.16. The standard InChI is InChI=1S/C16H28N2OS/c1-3-5-14(9-10-17)7-8-16(19)18-13(2)12-15-6-4-11-20-15/h4,6,11,13-14H,3,5,7-10,12,17H2,1-2H3,(H,18,19). The Morgan fingerprint density at radius 3 is 2.80 bits per heavy atom. The van der Waals surface area contributed by atoms with E-state index in [1.807, 2.05) is 0 Å². The molecule has 0 fully saturated rings. The maximum atomic E-state index is 12.0. The average molecular weight is 296 g/mol. The van der Waals surface area contributed by atoms with Gasteiger partial charge in [-0.15, -0.1) is 11.3 Å². The molecule has 1 heterocycles. The number of thiophene rings is 1. The van der Waals surface area contributed by atoms with Crippen LogP contribution in [-0.2, 0) is 11.2 Å². The van der Waals surface area contributed by atoms with Gasteiger partial charge in [-0.1, -0.05) is 25.8 Å². The summed E-state index contributed by atoms with van der Waals surface area (Å²) in [7, 11) is 0. The zero-order chi connectivity index (χ0) is 14.8. The van der Waals surface area contributed by atoms with Gasteiger partial charge >= 0.3 is 0 Å². The minimum absolute atomic E-state index is 0.173. The molecule has 4 heteroatoms. The van der Waals surface area contributed by atoms with Crippen molar-refractivity contribution in [1.29, 1.82) is 0 Å².